The molecule has 2 heterocycles. The van der Waals surface area contributed by atoms with Crippen LogP contribution >= 0.6 is 0 Å². The molecule has 1 aromatic carbocycles. The van der Waals surface area contributed by atoms with Crippen molar-refractivity contribution in [2.45, 2.75) is 51.5 Å². The highest BCUT2D eigenvalue weighted by Gasteiger charge is 2.47. The quantitative estimate of drug-likeness (QED) is 0.766. The number of rotatable bonds is 6. The van der Waals surface area contributed by atoms with E-state index >= 15 is 0 Å². The standard InChI is InChI=1S/C22H29N3O3/c26-20(11-14-25-21(27)18-5-1-2-6-19(18)22(25)28)23-15-16-7-9-17(10-8-16)24-12-3-4-13-24/h7-10,18-19H,1-6,11-15H2,(H,23,26). The van der Waals surface area contributed by atoms with Gasteiger partial charge < -0.3 is 10.2 Å². The Morgan fingerprint density at radius 1 is 0.929 bits per heavy atom. The number of fused-ring (bicyclic) bond motifs is 1. The van der Waals surface area contributed by atoms with Gasteiger partial charge in [-0.15, -0.1) is 0 Å². The van der Waals surface area contributed by atoms with Gasteiger partial charge in [0.05, 0.1) is 11.8 Å². The zero-order chi connectivity index (χ0) is 19.5. The maximum atomic E-state index is 12.5. The minimum Gasteiger partial charge on any atom is -0.372 e. The van der Waals surface area contributed by atoms with Gasteiger partial charge >= 0.3 is 0 Å². The lowest BCUT2D eigenvalue weighted by atomic mass is 9.81. The molecule has 1 aromatic rings. The Hall–Kier alpha value is -2.37. The highest BCUT2D eigenvalue weighted by molar-refractivity contribution is 6.05. The molecule has 3 fully saturated rings. The van der Waals surface area contributed by atoms with Crippen LogP contribution in [0.3, 0.4) is 0 Å². The second-order valence-electron chi connectivity index (χ2n) is 8.21. The molecule has 28 heavy (non-hydrogen) atoms. The molecule has 6 heteroatoms. The highest BCUT2D eigenvalue weighted by Crippen LogP contribution is 2.37. The fourth-order valence-corrected chi connectivity index (χ4v) is 4.75. The summed E-state index contributed by atoms with van der Waals surface area (Å²) in [5.41, 5.74) is 2.29. The molecule has 0 radical (unpaired) electrons. The van der Waals surface area contributed by atoms with Crippen molar-refractivity contribution in [3.63, 3.8) is 0 Å². The van der Waals surface area contributed by atoms with Gasteiger partial charge in [0, 0.05) is 38.3 Å². The fraction of sp³-hybridized carbons (Fsp3) is 0.591. The molecule has 1 N–H and O–H groups in total. The van der Waals surface area contributed by atoms with E-state index in [1.165, 1.54) is 23.4 Å². The van der Waals surface area contributed by atoms with Crippen LogP contribution in [0, 0.1) is 11.8 Å². The van der Waals surface area contributed by atoms with E-state index in [1.807, 2.05) is 12.1 Å². The Morgan fingerprint density at radius 3 is 2.14 bits per heavy atom. The van der Waals surface area contributed by atoms with E-state index in [9.17, 15) is 14.4 Å². The molecule has 1 saturated carbocycles. The number of carbonyl (C=O) groups excluding carboxylic acids is 3. The van der Waals surface area contributed by atoms with Crippen molar-refractivity contribution < 1.29 is 14.4 Å². The van der Waals surface area contributed by atoms with Gasteiger partial charge in [-0.25, -0.2) is 0 Å². The van der Waals surface area contributed by atoms with Crippen molar-refractivity contribution >= 4 is 23.4 Å². The largest absolute Gasteiger partial charge is 0.372 e. The van der Waals surface area contributed by atoms with Gasteiger partial charge in [-0.2, -0.15) is 0 Å². The molecule has 4 rings (SSSR count). The molecule has 2 atom stereocenters. The minimum atomic E-state index is -0.140. The van der Waals surface area contributed by atoms with E-state index in [-0.39, 0.29) is 42.5 Å². The van der Waals surface area contributed by atoms with Crippen molar-refractivity contribution in [3.05, 3.63) is 29.8 Å². The molecule has 3 amide bonds. The number of benzene rings is 1. The monoisotopic (exact) mass is 383 g/mol. The summed E-state index contributed by atoms with van der Waals surface area (Å²) in [6, 6.07) is 8.31. The van der Waals surface area contributed by atoms with E-state index in [2.05, 4.69) is 22.3 Å². The van der Waals surface area contributed by atoms with Crippen molar-refractivity contribution in [2.75, 3.05) is 24.5 Å². The molecule has 2 aliphatic heterocycles. The molecule has 0 bridgehead atoms. The van der Waals surface area contributed by atoms with Crippen LogP contribution in [0.5, 0.6) is 0 Å². The average molecular weight is 383 g/mol. The molecule has 0 aromatic heterocycles. The number of amides is 3. The third kappa shape index (κ3) is 3.91. The third-order valence-electron chi connectivity index (χ3n) is 6.39. The summed E-state index contributed by atoms with van der Waals surface area (Å²) in [7, 11) is 0. The van der Waals surface area contributed by atoms with Crippen LogP contribution in [0.25, 0.3) is 0 Å². The fourth-order valence-electron chi connectivity index (χ4n) is 4.75. The van der Waals surface area contributed by atoms with Crippen LogP contribution in [-0.4, -0.2) is 42.3 Å². The Morgan fingerprint density at radius 2 is 1.54 bits per heavy atom. The summed E-state index contributed by atoms with van der Waals surface area (Å²) in [4.78, 5) is 40.8. The predicted octanol–water partition coefficient (Wildman–Crippen LogP) is 2.47. The lowest BCUT2D eigenvalue weighted by molar-refractivity contribution is -0.140. The molecule has 6 nitrogen and oxygen atoms in total. The van der Waals surface area contributed by atoms with E-state index in [0.717, 1.165) is 44.3 Å². The number of nitrogens with zero attached hydrogens (tertiary/aromatic N) is 2. The van der Waals surface area contributed by atoms with Gasteiger partial charge in [0.15, 0.2) is 0 Å². The summed E-state index contributed by atoms with van der Waals surface area (Å²) in [6.45, 7) is 2.90. The smallest absolute Gasteiger partial charge is 0.233 e. The first-order valence-corrected chi connectivity index (χ1v) is 10.6. The first kappa shape index (κ1) is 19.0. The van der Waals surface area contributed by atoms with E-state index in [0.29, 0.717) is 6.54 Å². The lowest BCUT2D eigenvalue weighted by Crippen LogP contribution is -2.35. The summed E-state index contributed by atoms with van der Waals surface area (Å²) < 4.78 is 0. The third-order valence-corrected chi connectivity index (χ3v) is 6.39. The summed E-state index contributed by atoms with van der Waals surface area (Å²) in [5, 5.41) is 2.90. The van der Waals surface area contributed by atoms with Gasteiger partial charge in [-0.1, -0.05) is 25.0 Å². The molecule has 3 aliphatic rings. The van der Waals surface area contributed by atoms with Gasteiger partial charge in [0.25, 0.3) is 0 Å². The topological polar surface area (TPSA) is 69.7 Å². The molecule has 150 valence electrons. The number of hydrogen-bond donors (Lipinski definition) is 1. The second-order valence-corrected chi connectivity index (χ2v) is 8.21. The van der Waals surface area contributed by atoms with Gasteiger partial charge in [-0.05, 0) is 43.4 Å². The van der Waals surface area contributed by atoms with Crippen molar-refractivity contribution in [1.82, 2.24) is 10.2 Å². The van der Waals surface area contributed by atoms with Crippen molar-refractivity contribution in [3.8, 4) is 0 Å². The van der Waals surface area contributed by atoms with Gasteiger partial charge in [0.1, 0.15) is 0 Å². The van der Waals surface area contributed by atoms with Gasteiger partial charge in [0.2, 0.25) is 17.7 Å². The normalized spacial score (nSPS) is 24.6. The summed E-state index contributed by atoms with van der Waals surface area (Å²) >= 11 is 0. The zero-order valence-electron chi connectivity index (χ0n) is 16.4. The lowest BCUT2D eigenvalue weighted by Gasteiger charge is -2.19. The van der Waals surface area contributed by atoms with Crippen molar-refractivity contribution in [2.24, 2.45) is 11.8 Å². The first-order valence-electron chi connectivity index (χ1n) is 10.6. The predicted molar refractivity (Wildman–Crippen MR) is 107 cm³/mol. The first-order chi connectivity index (χ1) is 13.6. The van der Waals surface area contributed by atoms with Crippen LogP contribution in [0.15, 0.2) is 24.3 Å². The van der Waals surface area contributed by atoms with E-state index in [1.54, 1.807) is 0 Å². The Labute approximate surface area is 166 Å². The number of hydrogen-bond acceptors (Lipinski definition) is 4. The molecule has 0 spiro atoms. The zero-order valence-corrected chi connectivity index (χ0v) is 16.4. The van der Waals surface area contributed by atoms with Crippen LogP contribution in [0.1, 0.15) is 50.5 Å². The Kier molecular flexibility index (Phi) is 5.64. The highest BCUT2D eigenvalue weighted by atomic mass is 16.2. The number of imide groups is 1. The van der Waals surface area contributed by atoms with Crippen LogP contribution < -0.4 is 10.2 Å². The van der Waals surface area contributed by atoms with Gasteiger partial charge in [-0.3, -0.25) is 19.3 Å². The maximum absolute atomic E-state index is 12.5. The van der Waals surface area contributed by atoms with Crippen LogP contribution in [-0.2, 0) is 20.9 Å². The average Bonchev–Trinajstić information content (AvgIpc) is 3.34. The summed E-state index contributed by atoms with van der Waals surface area (Å²) in [5.74, 6) is -0.545. The van der Waals surface area contributed by atoms with E-state index < -0.39 is 0 Å². The van der Waals surface area contributed by atoms with Crippen molar-refractivity contribution in [1.29, 1.82) is 0 Å². The SMILES string of the molecule is O=C(CCN1C(=O)C2CCCCC2C1=O)NCc1ccc(N2CCCC2)cc1. The molecule has 2 unspecified atom stereocenters. The number of nitrogens with one attached hydrogen (secondary N) is 1. The number of likely N-dealkylation sites (tertiary alicyclic amines) is 1. The number of carbonyl (C=O) groups is 3. The minimum absolute atomic E-state index is 0.0694. The molecule has 1 aliphatic carbocycles. The number of anilines is 1. The Balaban J connectivity index is 1.23. The molecule has 2 saturated heterocycles. The second kappa shape index (κ2) is 8.33. The Bertz CT molecular complexity index is 716. The summed E-state index contributed by atoms with van der Waals surface area (Å²) in [6.07, 6.45) is 6.33. The molecular weight excluding hydrogens is 354 g/mol. The van der Waals surface area contributed by atoms with Crippen LogP contribution in [0.2, 0.25) is 0 Å². The maximum Gasteiger partial charge on any atom is 0.233 e. The van der Waals surface area contributed by atoms with Crippen LogP contribution in [0.4, 0.5) is 5.69 Å². The van der Waals surface area contributed by atoms with E-state index in [4.69, 9.17) is 0 Å². The molecular formula is C22H29N3O3.